The summed E-state index contributed by atoms with van der Waals surface area (Å²) in [6.45, 7) is 10.9. The first kappa shape index (κ1) is 21.2. The molecule has 162 valence electrons. The van der Waals surface area contributed by atoms with Gasteiger partial charge in [0.2, 0.25) is 0 Å². The second-order valence-electron chi connectivity index (χ2n) is 8.92. The van der Waals surface area contributed by atoms with Crippen molar-refractivity contribution in [2.24, 2.45) is 5.92 Å². The number of rotatable bonds is 5. The number of hydrogen-bond donors (Lipinski definition) is 1. The number of quaternary nitrogens is 1. The van der Waals surface area contributed by atoms with E-state index in [9.17, 15) is 9.59 Å². The normalized spacial score (nSPS) is 15.0. The number of benzene rings is 2. The van der Waals surface area contributed by atoms with E-state index in [2.05, 4.69) is 36.3 Å². The number of amides is 1. The minimum Gasteiger partial charge on any atom is -0.328 e. The maximum Gasteiger partial charge on any atom is 0.275 e. The predicted molar refractivity (Wildman–Crippen MR) is 122 cm³/mol. The van der Waals surface area contributed by atoms with Gasteiger partial charge in [0.05, 0.1) is 31.6 Å². The molecule has 31 heavy (non-hydrogen) atoms. The van der Waals surface area contributed by atoms with Gasteiger partial charge in [0.25, 0.3) is 11.5 Å². The van der Waals surface area contributed by atoms with Crippen molar-refractivity contribution >= 4 is 16.7 Å². The summed E-state index contributed by atoms with van der Waals surface area (Å²) in [6, 6.07) is 15.8. The minimum atomic E-state index is -0.131. The minimum absolute atomic E-state index is 0.0800. The van der Waals surface area contributed by atoms with Crippen molar-refractivity contribution in [2.45, 2.75) is 33.9 Å². The van der Waals surface area contributed by atoms with Crippen LogP contribution in [0, 0.1) is 12.8 Å². The van der Waals surface area contributed by atoms with E-state index >= 15 is 0 Å². The number of hydrogen-bond acceptors (Lipinski definition) is 3. The highest BCUT2D eigenvalue weighted by Crippen LogP contribution is 2.16. The van der Waals surface area contributed by atoms with Gasteiger partial charge in [-0.1, -0.05) is 56.3 Å². The van der Waals surface area contributed by atoms with Gasteiger partial charge in [-0.05, 0) is 24.5 Å². The van der Waals surface area contributed by atoms with Crippen LogP contribution in [0.4, 0.5) is 0 Å². The molecule has 2 heterocycles. The smallest absolute Gasteiger partial charge is 0.275 e. The monoisotopic (exact) mass is 419 g/mol. The van der Waals surface area contributed by atoms with Crippen LogP contribution < -0.4 is 10.5 Å². The third-order valence-electron chi connectivity index (χ3n) is 6.07. The van der Waals surface area contributed by atoms with Crippen LogP contribution in [0.5, 0.6) is 0 Å². The van der Waals surface area contributed by atoms with Gasteiger partial charge < -0.3 is 9.80 Å². The van der Waals surface area contributed by atoms with Gasteiger partial charge in [-0.25, -0.2) is 4.68 Å². The highest BCUT2D eigenvalue weighted by molar-refractivity contribution is 6.04. The Morgan fingerprint density at radius 1 is 1.03 bits per heavy atom. The van der Waals surface area contributed by atoms with E-state index in [1.807, 2.05) is 36.9 Å². The highest BCUT2D eigenvalue weighted by atomic mass is 16.2. The number of nitrogens with zero attached hydrogens (tertiary/aromatic N) is 3. The predicted octanol–water partition coefficient (Wildman–Crippen LogP) is 1.90. The second kappa shape index (κ2) is 9.02. The number of aryl methyl sites for hydroxylation is 1. The molecule has 1 N–H and O–H groups in total. The first-order valence-corrected chi connectivity index (χ1v) is 11.1. The molecule has 0 saturated carbocycles. The van der Waals surface area contributed by atoms with Gasteiger partial charge in [0.1, 0.15) is 6.54 Å². The van der Waals surface area contributed by atoms with Gasteiger partial charge in [0.15, 0.2) is 5.69 Å². The molecule has 0 aliphatic carbocycles. The summed E-state index contributed by atoms with van der Waals surface area (Å²) in [5.41, 5.74) is 2.94. The Balaban J connectivity index is 1.54. The zero-order chi connectivity index (χ0) is 22.0. The first-order chi connectivity index (χ1) is 14.9. The second-order valence-corrected chi connectivity index (χ2v) is 8.92. The molecule has 0 bridgehead atoms. The summed E-state index contributed by atoms with van der Waals surface area (Å²) in [4.78, 5) is 29.6. The van der Waals surface area contributed by atoms with Crippen molar-refractivity contribution in [2.75, 3.05) is 26.2 Å². The van der Waals surface area contributed by atoms with Crippen molar-refractivity contribution in [1.82, 2.24) is 14.7 Å². The Labute approximate surface area is 183 Å². The van der Waals surface area contributed by atoms with Gasteiger partial charge in [-0.2, -0.15) is 5.10 Å². The van der Waals surface area contributed by atoms with Gasteiger partial charge in [-0.3, -0.25) is 9.59 Å². The molecule has 1 aliphatic rings. The standard InChI is InChI=1S/C25H30N4O2/c1-18(2)16-29-24(30)22-11-7-6-10-21(22)23(26-29)25(31)28-14-12-27(13-15-28)17-20-9-5-4-8-19(20)3/h4-11,18H,12-17H2,1-3H3/p+1. The molecule has 0 atom stereocenters. The Kier molecular flexibility index (Phi) is 6.18. The number of carbonyl (C=O) groups excluding carboxylic acids is 1. The first-order valence-electron chi connectivity index (χ1n) is 11.1. The maximum atomic E-state index is 13.4. The van der Waals surface area contributed by atoms with E-state index in [0.717, 1.165) is 19.6 Å². The average molecular weight is 420 g/mol. The van der Waals surface area contributed by atoms with E-state index in [0.29, 0.717) is 36.1 Å². The Morgan fingerprint density at radius 2 is 1.68 bits per heavy atom. The van der Waals surface area contributed by atoms with Crippen molar-refractivity contribution < 1.29 is 9.69 Å². The number of carbonyl (C=O) groups is 1. The Morgan fingerprint density at radius 3 is 2.35 bits per heavy atom. The lowest BCUT2D eigenvalue weighted by molar-refractivity contribution is -0.917. The molecule has 0 unspecified atom stereocenters. The van der Waals surface area contributed by atoms with Crippen molar-refractivity contribution in [3.63, 3.8) is 0 Å². The van der Waals surface area contributed by atoms with E-state index < -0.39 is 0 Å². The van der Waals surface area contributed by atoms with Crippen LogP contribution in [0.15, 0.2) is 53.3 Å². The van der Waals surface area contributed by atoms with Crippen LogP contribution in [0.3, 0.4) is 0 Å². The van der Waals surface area contributed by atoms with Crippen LogP contribution in [-0.2, 0) is 13.1 Å². The van der Waals surface area contributed by atoms with Gasteiger partial charge in [0, 0.05) is 17.5 Å². The molecule has 1 aliphatic heterocycles. The third-order valence-corrected chi connectivity index (χ3v) is 6.07. The fourth-order valence-corrected chi connectivity index (χ4v) is 4.29. The van der Waals surface area contributed by atoms with Crippen LogP contribution in [-0.4, -0.2) is 46.8 Å². The lowest BCUT2D eigenvalue weighted by Gasteiger charge is -2.32. The summed E-state index contributed by atoms with van der Waals surface area (Å²) in [7, 11) is 0. The quantitative estimate of drug-likeness (QED) is 0.687. The van der Waals surface area contributed by atoms with Crippen molar-refractivity contribution in [3.05, 3.63) is 75.7 Å². The summed E-state index contributed by atoms with van der Waals surface area (Å²) in [5.74, 6) is 0.187. The molecule has 1 amide bonds. The SMILES string of the molecule is Cc1ccccc1C[NH+]1CCN(C(=O)c2nn(CC(C)C)c(=O)c3ccccc23)CC1. The van der Waals surface area contributed by atoms with Gasteiger partial charge >= 0.3 is 0 Å². The molecule has 0 spiro atoms. The number of fused-ring (bicyclic) bond motifs is 1. The molecule has 6 heteroatoms. The largest absolute Gasteiger partial charge is 0.328 e. The molecule has 6 nitrogen and oxygen atoms in total. The van der Waals surface area contributed by atoms with E-state index in [4.69, 9.17) is 0 Å². The number of aromatic nitrogens is 2. The molecule has 2 aromatic carbocycles. The van der Waals surface area contributed by atoms with Crippen LogP contribution in [0.2, 0.25) is 0 Å². The lowest BCUT2D eigenvalue weighted by atomic mass is 10.1. The number of nitrogens with one attached hydrogen (secondary N) is 1. The van der Waals surface area contributed by atoms with Gasteiger partial charge in [-0.15, -0.1) is 0 Å². The highest BCUT2D eigenvalue weighted by Gasteiger charge is 2.28. The van der Waals surface area contributed by atoms with Crippen molar-refractivity contribution in [1.29, 1.82) is 0 Å². The Bertz CT molecular complexity index is 1140. The average Bonchev–Trinajstić information content (AvgIpc) is 2.77. The zero-order valence-electron chi connectivity index (χ0n) is 18.6. The van der Waals surface area contributed by atoms with Crippen LogP contribution >= 0.6 is 0 Å². The van der Waals surface area contributed by atoms with Crippen molar-refractivity contribution in [3.8, 4) is 0 Å². The summed E-state index contributed by atoms with van der Waals surface area (Å²) >= 11 is 0. The Hall–Kier alpha value is -2.99. The topological polar surface area (TPSA) is 59.6 Å². The van der Waals surface area contributed by atoms with Crippen LogP contribution in [0.25, 0.3) is 10.8 Å². The molecular weight excluding hydrogens is 388 g/mol. The summed E-state index contributed by atoms with van der Waals surface area (Å²) < 4.78 is 1.46. The molecule has 0 radical (unpaired) electrons. The van der Waals surface area contributed by atoms with E-state index in [1.54, 1.807) is 6.07 Å². The summed E-state index contributed by atoms with van der Waals surface area (Å²) in [6.07, 6.45) is 0. The lowest BCUT2D eigenvalue weighted by Crippen LogP contribution is -3.13. The van der Waals surface area contributed by atoms with E-state index in [1.165, 1.54) is 20.7 Å². The molecule has 1 saturated heterocycles. The zero-order valence-corrected chi connectivity index (χ0v) is 18.6. The van der Waals surface area contributed by atoms with Crippen LogP contribution in [0.1, 0.15) is 35.5 Å². The molecule has 1 aromatic heterocycles. The number of piperazine rings is 1. The fraction of sp³-hybridized carbons (Fsp3) is 0.400. The maximum absolute atomic E-state index is 13.4. The third kappa shape index (κ3) is 4.54. The fourth-order valence-electron chi connectivity index (χ4n) is 4.29. The molecule has 1 fully saturated rings. The molecular formula is C25H31N4O2+. The summed E-state index contributed by atoms with van der Waals surface area (Å²) in [5, 5.41) is 5.73. The molecule has 3 aromatic rings. The molecule has 4 rings (SSSR count). The van der Waals surface area contributed by atoms with E-state index in [-0.39, 0.29) is 17.4 Å².